The minimum absolute atomic E-state index is 0.539. The molecule has 2 heterocycles. The topological polar surface area (TPSA) is 50.3 Å². The van der Waals surface area contributed by atoms with Crippen LogP contribution in [0.3, 0.4) is 0 Å². The minimum atomic E-state index is 0.539. The number of nitrogens with zero attached hydrogens (tertiary/aromatic N) is 3. The molecule has 0 unspecified atom stereocenters. The first-order chi connectivity index (χ1) is 6.84. The van der Waals surface area contributed by atoms with E-state index in [1.54, 1.807) is 12.4 Å². The van der Waals surface area contributed by atoms with Gasteiger partial charge in [-0.3, -0.25) is 5.43 Å². The average molecular weight is 215 g/mol. The van der Waals surface area contributed by atoms with Crippen LogP contribution in [0, 0.1) is 0 Å². The highest BCUT2D eigenvalue weighted by Gasteiger charge is 2.10. The van der Waals surface area contributed by atoms with Gasteiger partial charge >= 0.3 is 0 Å². The predicted molar refractivity (Wildman–Crippen MR) is 53.1 cm³/mol. The van der Waals surface area contributed by atoms with Gasteiger partial charge in [-0.25, -0.2) is 15.0 Å². The van der Waals surface area contributed by atoms with Gasteiger partial charge in [0.05, 0.1) is 30.6 Å². The molecular weight excluding hydrogens is 204 g/mol. The lowest BCUT2D eigenvalue weighted by molar-refractivity contribution is 0.0492. The van der Waals surface area contributed by atoms with E-state index in [9.17, 15) is 0 Å². The van der Waals surface area contributed by atoms with Gasteiger partial charge in [0.2, 0.25) is 5.95 Å². The van der Waals surface area contributed by atoms with Crippen molar-refractivity contribution in [3.05, 3.63) is 17.4 Å². The average Bonchev–Trinajstić information content (AvgIpc) is 2.23. The number of ether oxygens (including phenoxy) is 1. The summed E-state index contributed by atoms with van der Waals surface area (Å²) in [4.78, 5) is 8.07. The van der Waals surface area contributed by atoms with Gasteiger partial charge in [-0.05, 0) is 0 Å². The van der Waals surface area contributed by atoms with Crippen LogP contribution >= 0.6 is 11.6 Å². The first kappa shape index (κ1) is 9.64. The zero-order chi connectivity index (χ0) is 9.80. The number of hydrazine groups is 1. The molecule has 1 aliphatic heterocycles. The quantitative estimate of drug-likeness (QED) is 0.789. The number of hydrogen-bond donors (Lipinski definition) is 1. The summed E-state index contributed by atoms with van der Waals surface area (Å²) in [7, 11) is 0. The van der Waals surface area contributed by atoms with Crippen molar-refractivity contribution < 1.29 is 4.74 Å². The lowest BCUT2D eigenvalue weighted by atomic mass is 10.5. The molecule has 0 atom stereocenters. The molecule has 1 saturated heterocycles. The number of aromatic nitrogens is 2. The molecule has 1 N–H and O–H groups in total. The molecule has 1 aliphatic rings. The second-order valence-corrected chi connectivity index (χ2v) is 3.37. The maximum absolute atomic E-state index is 5.67. The second-order valence-electron chi connectivity index (χ2n) is 2.94. The summed E-state index contributed by atoms with van der Waals surface area (Å²) in [6.07, 6.45) is 3.13. The third-order valence-electron chi connectivity index (χ3n) is 1.89. The van der Waals surface area contributed by atoms with Gasteiger partial charge in [0, 0.05) is 13.1 Å². The van der Waals surface area contributed by atoms with Gasteiger partial charge in [0.25, 0.3) is 0 Å². The second kappa shape index (κ2) is 4.54. The first-order valence-corrected chi connectivity index (χ1v) is 4.79. The Labute approximate surface area is 87.0 Å². The van der Waals surface area contributed by atoms with Crippen molar-refractivity contribution in [1.29, 1.82) is 0 Å². The van der Waals surface area contributed by atoms with Crippen molar-refractivity contribution in [1.82, 2.24) is 15.0 Å². The standard InChI is InChI=1S/C8H11ClN4O/c9-7-5-10-8(11-6-7)12-13-1-3-14-4-2-13/h5-6H,1-4H2,(H,10,11,12). The fourth-order valence-corrected chi connectivity index (χ4v) is 1.28. The van der Waals surface area contributed by atoms with Crippen LogP contribution in [0.15, 0.2) is 12.4 Å². The van der Waals surface area contributed by atoms with Gasteiger partial charge in [-0.15, -0.1) is 0 Å². The largest absolute Gasteiger partial charge is 0.379 e. The Kier molecular flexibility index (Phi) is 3.13. The number of halogens is 1. The summed E-state index contributed by atoms with van der Waals surface area (Å²) in [6, 6.07) is 0. The van der Waals surface area contributed by atoms with Crippen LogP contribution < -0.4 is 5.43 Å². The van der Waals surface area contributed by atoms with E-state index in [1.807, 2.05) is 5.01 Å². The highest BCUT2D eigenvalue weighted by molar-refractivity contribution is 6.30. The molecule has 2 rings (SSSR count). The van der Waals surface area contributed by atoms with E-state index in [4.69, 9.17) is 16.3 Å². The molecule has 0 aromatic carbocycles. The zero-order valence-corrected chi connectivity index (χ0v) is 8.37. The third kappa shape index (κ3) is 2.54. The molecule has 6 heteroatoms. The van der Waals surface area contributed by atoms with Crippen LogP contribution in [-0.2, 0) is 4.74 Å². The lowest BCUT2D eigenvalue weighted by Gasteiger charge is -2.26. The SMILES string of the molecule is Clc1cnc(NN2CCOCC2)nc1. The number of nitrogens with one attached hydrogen (secondary N) is 1. The Bertz CT molecular complexity index is 286. The monoisotopic (exact) mass is 214 g/mol. The molecule has 0 spiro atoms. The molecule has 5 nitrogen and oxygen atoms in total. The molecule has 1 fully saturated rings. The van der Waals surface area contributed by atoms with Gasteiger partial charge in [0.15, 0.2) is 0 Å². The normalized spacial score (nSPS) is 18.1. The Morgan fingerprint density at radius 1 is 1.29 bits per heavy atom. The molecule has 1 aromatic rings. The lowest BCUT2D eigenvalue weighted by Crippen LogP contribution is -2.40. The highest BCUT2D eigenvalue weighted by atomic mass is 35.5. The van der Waals surface area contributed by atoms with Crippen LogP contribution in [0.1, 0.15) is 0 Å². The van der Waals surface area contributed by atoms with E-state index in [0.717, 1.165) is 26.3 Å². The molecule has 76 valence electrons. The summed E-state index contributed by atoms with van der Waals surface area (Å²) < 4.78 is 5.21. The van der Waals surface area contributed by atoms with Crippen LogP contribution in [0.5, 0.6) is 0 Å². The smallest absolute Gasteiger partial charge is 0.237 e. The van der Waals surface area contributed by atoms with Crippen molar-refractivity contribution in [3.63, 3.8) is 0 Å². The fraction of sp³-hybridized carbons (Fsp3) is 0.500. The number of hydrogen-bond acceptors (Lipinski definition) is 5. The van der Waals surface area contributed by atoms with Gasteiger partial charge < -0.3 is 4.74 Å². The van der Waals surface area contributed by atoms with E-state index in [0.29, 0.717) is 11.0 Å². The zero-order valence-electron chi connectivity index (χ0n) is 7.61. The molecule has 0 amide bonds. The van der Waals surface area contributed by atoms with Crippen LogP contribution in [0.2, 0.25) is 5.02 Å². The van der Waals surface area contributed by atoms with E-state index in [-0.39, 0.29) is 0 Å². The predicted octanol–water partition coefficient (Wildman–Crippen LogP) is 0.789. The van der Waals surface area contributed by atoms with Gasteiger partial charge in [0.1, 0.15) is 0 Å². The number of rotatable bonds is 2. The Balaban J connectivity index is 1.92. The van der Waals surface area contributed by atoms with Crippen LogP contribution in [0.25, 0.3) is 0 Å². The van der Waals surface area contributed by atoms with Crippen molar-refractivity contribution >= 4 is 17.5 Å². The van der Waals surface area contributed by atoms with Gasteiger partial charge in [-0.2, -0.15) is 0 Å². The van der Waals surface area contributed by atoms with E-state index < -0.39 is 0 Å². The summed E-state index contributed by atoms with van der Waals surface area (Å²) in [5.74, 6) is 0.566. The van der Waals surface area contributed by atoms with Crippen LogP contribution in [-0.4, -0.2) is 41.3 Å². The minimum Gasteiger partial charge on any atom is -0.379 e. The van der Waals surface area contributed by atoms with E-state index in [1.165, 1.54) is 0 Å². The first-order valence-electron chi connectivity index (χ1n) is 4.41. The van der Waals surface area contributed by atoms with Crippen LogP contribution in [0.4, 0.5) is 5.95 Å². The Morgan fingerprint density at radius 3 is 2.57 bits per heavy atom. The molecule has 0 radical (unpaired) electrons. The fourth-order valence-electron chi connectivity index (χ4n) is 1.19. The van der Waals surface area contributed by atoms with E-state index >= 15 is 0 Å². The summed E-state index contributed by atoms with van der Waals surface area (Å²) in [5.41, 5.74) is 3.08. The molecular formula is C8H11ClN4O. The van der Waals surface area contributed by atoms with Crippen molar-refractivity contribution in [3.8, 4) is 0 Å². The maximum atomic E-state index is 5.67. The molecule has 0 bridgehead atoms. The molecule has 1 aromatic heterocycles. The Morgan fingerprint density at radius 2 is 1.93 bits per heavy atom. The summed E-state index contributed by atoms with van der Waals surface area (Å²) in [5, 5.41) is 2.56. The summed E-state index contributed by atoms with van der Waals surface area (Å²) >= 11 is 5.67. The number of morpholine rings is 1. The summed E-state index contributed by atoms with van der Waals surface area (Å²) in [6.45, 7) is 3.15. The highest BCUT2D eigenvalue weighted by Crippen LogP contribution is 2.06. The molecule has 0 aliphatic carbocycles. The van der Waals surface area contributed by atoms with Crippen molar-refractivity contribution in [2.75, 3.05) is 31.7 Å². The van der Waals surface area contributed by atoms with Gasteiger partial charge in [-0.1, -0.05) is 11.6 Å². The van der Waals surface area contributed by atoms with E-state index in [2.05, 4.69) is 15.4 Å². The van der Waals surface area contributed by atoms with Crippen molar-refractivity contribution in [2.45, 2.75) is 0 Å². The maximum Gasteiger partial charge on any atom is 0.237 e. The third-order valence-corrected chi connectivity index (χ3v) is 2.08. The van der Waals surface area contributed by atoms with Crippen molar-refractivity contribution in [2.24, 2.45) is 0 Å². The number of anilines is 1. The Hall–Kier alpha value is -0.910. The molecule has 0 saturated carbocycles. The molecule has 14 heavy (non-hydrogen) atoms.